The highest BCUT2D eigenvalue weighted by Gasteiger charge is 2.35. The van der Waals surface area contributed by atoms with E-state index in [1.807, 2.05) is 0 Å². The molecule has 0 saturated heterocycles. The van der Waals surface area contributed by atoms with Gasteiger partial charge in [-0.2, -0.15) is 0 Å². The number of pyridine rings is 1. The highest BCUT2D eigenvalue weighted by Crippen LogP contribution is 2.41. The number of rotatable bonds is 2. The van der Waals surface area contributed by atoms with Crippen molar-refractivity contribution < 1.29 is 9.53 Å². The average Bonchev–Trinajstić information content (AvgIpc) is 2.34. The second-order valence-electron chi connectivity index (χ2n) is 5.94. The van der Waals surface area contributed by atoms with E-state index in [-0.39, 0.29) is 17.5 Å². The van der Waals surface area contributed by atoms with E-state index in [2.05, 4.69) is 25.8 Å². The second-order valence-corrected chi connectivity index (χ2v) is 5.94. The lowest BCUT2D eigenvalue weighted by atomic mass is 9.69. The van der Waals surface area contributed by atoms with Gasteiger partial charge >= 0.3 is 5.97 Å². The number of esters is 1. The molecule has 1 aromatic heterocycles. The van der Waals surface area contributed by atoms with Crippen LogP contribution < -0.4 is 0 Å². The number of hydrogen-bond donors (Lipinski definition) is 0. The maximum Gasteiger partial charge on any atom is 0.339 e. The Morgan fingerprint density at radius 3 is 2.83 bits per heavy atom. The Morgan fingerprint density at radius 1 is 1.44 bits per heavy atom. The van der Waals surface area contributed by atoms with Crippen LogP contribution >= 0.6 is 0 Å². The molecule has 0 N–H and O–H groups in total. The van der Waals surface area contributed by atoms with Crippen LogP contribution in [0.4, 0.5) is 0 Å². The van der Waals surface area contributed by atoms with Crippen molar-refractivity contribution in [1.82, 2.24) is 4.98 Å². The van der Waals surface area contributed by atoms with Gasteiger partial charge in [-0.3, -0.25) is 4.98 Å². The number of hydrogen-bond acceptors (Lipinski definition) is 3. The van der Waals surface area contributed by atoms with Crippen molar-refractivity contribution >= 4 is 5.97 Å². The van der Waals surface area contributed by atoms with Gasteiger partial charge in [-0.05, 0) is 42.7 Å². The number of carbonyl (C=O) groups excluding carboxylic acids is 1. The molecule has 3 nitrogen and oxygen atoms in total. The van der Waals surface area contributed by atoms with Crippen LogP contribution in [0, 0.1) is 11.3 Å². The number of aromatic nitrogens is 1. The third-order valence-electron chi connectivity index (χ3n) is 4.18. The Kier molecular flexibility index (Phi) is 3.69. The summed E-state index contributed by atoms with van der Waals surface area (Å²) in [6.45, 7) is 6.78. The molecule has 1 heterocycles. The van der Waals surface area contributed by atoms with Crippen molar-refractivity contribution in [3.05, 3.63) is 30.1 Å². The van der Waals surface area contributed by atoms with Gasteiger partial charge in [0.2, 0.25) is 0 Å². The van der Waals surface area contributed by atoms with E-state index >= 15 is 0 Å². The van der Waals surface area contributed by atoms with Crippen molar-refractivity contribution in [2.45, 2.75) is 46.1 Å². The molecule has 0 amide bonds. The zero-order valence-electron chi connectivity index (χ0n) is 11.3. The first-order valence-corrected chi connectivity index (χ1v) is 6.60. The van der Waals surface area contributed by atoms with Crippen molar-refractivity contribution in [3.63, 3.8) is 0 Å². The number of ether oxygens (including phenoxy) is 1. The molecule has 1 aliphatic carbocycles. The molecule has 1 aromatic rings. The molecular weight excluding hydrogens is 226 g/mol. The summed E-state index contributed by atoms with van der Waals surface area (Å²) in [5.41, 5.74) is 0.784. The van der Waals surface area contributed by atoms with E-state index < -0.39 is 0 Å². The Balaban J connectivity index is 1.97. The van der Waals surface area contributed by atoms with Crippen LogP contribution in [0.25, 0.3) is 0 Å². The van der Waals surface area contributed by atoms with Crippen LogP contribution in [-0.4, -0.2) is 17.1 Å². The second kappa shape index (κ2) is 5.09. The van der Waals surface area contributed by atoms with Gasteiger partial charge in [-0.15, -0.1) is 0 Å². The lowest BCUT2D eigenvalue weighted by Gasteiger charge is -2.40. The van der Waals surface area contributed by atoms with Crippen LogP contribution in [0.15, 0.2) is 24.5 Å². The van der Waals surface area contributed by atoms with Gasteiger partial charge in [0.25, 0.3) is 0 Å². The Morgan fingerprint density at radius 2 is 2.22 bits per heavy atom. The lowest BCUT2D eigenvalue weighted by molar-refractivity contribution is -0.0105. The molecule has 2 atom stereocenters. The van der Waals surface area contributed by atoms with Crippen LogP contribution in [0.5, 0.6) is 0 Å². The average molecular weight is 247 g/mol. The summed E-state index contributed by atoms with van der Waals surface area (Å²) >= 11 is 0. The molecule has 2 unspecified atom stereocenters. The molecule has 1 aliphatic rings. The first-order valence-electron chi connectivity index (χ1n) is 6.60. The van der Waals surface area contributed by atoms with E-state index in [0.717, 1.165) is 19.3 Å². The van der Waals surface area contributed by atoms with Gasteiger partial charge < -0.3 is 4.74 Å². The third-order valence-corrected chi connectivity index (χ3v) is 4.18. The van der Waals surface area contributed by atoms with E-state index in [4.69, 9.17) is 4.74 Å². The minimum Gasteiger partial charge on any atom is -0.459 e. The minimum absolute atomic E-state index is 0.0453. The molecule has 18 heavy (non-hydrogen) atoms. The number of carbonyl (C=O) groups is 1. The summed E-state index contributed by atoms with van der Waals surface area (Å²) in [5.74, 6) is 0.435. The van der Waals surface area contributed by atoms with Crippen LogP contribution in [0.1, 0.15) is 50.4 Å². The molecule has 0 bridgehead atoms. The summed E-state index contributed by atoms with van der Waals surface area (Å²) in [4.78, 5) is 15.9. The fourth-order valence-electron chi connectivity index (χ4n) is 2.52. The van der Waals surface area contributed by atoms with Gasteiger partial charge in [0.1, 0.15) is 6.10 Å². The largest absolute Gasteiger partial charge is 0.459 e. The molecule has 0 radical (unpaired) electrons. The highest BCUT2D eigenvalue weighted by atomic mass is 16.5. The minimum atomic E-state index is -0.251. The van der Waals surface area contributed by atoms with E-state index in [9.17, 15) is 4.79 Å². The van der Waals surface area contributed by atoms with Crippen molar-refractivity contribution in [3.8, 4) is 0 Å². The summed E-state index contributed by atoms with van der Waals surface area (Å²) in [6, 6.07) is 3.50. The molecule has 0 aromatic carbocycles. The molecule has 2 rings (SSSR count). The summed E-state index contributed by atoms with van der Waals surface area (Å²) in [7, 11) is 0. The van der Waals surface area contributed by atoms with Crippen LogP contribution in [-0.2, 0) is 4.74 Å². The van der Waals surface area contributed by atoms with Crippen molar-refractivity contribution in [2.75, 3.05) is 0 Å². The summed E-state index contributed by atoms with van der Waals surface area (Å²) < 4.78 is 5.58. The molecule has 0 spiro atoms. The van der Waals surface area contributed by atoms with Gasteiger partial charge in [0.15, 0.2) is 0 Å². The molecular formula is C15H21NO2. The van der Waals surface area contributed by atoms with Gasteiger partial charge in [-0.1, -0.05) is 20.8 Å². The first-order chi connectivity index (χ1) is 8.49. The SMILES string of the molecule is CC1CCC(OC(=O)c2cccnc2)CC1(C)C. The fourth-order valence-corrected chi connectivity index (χ4v) is 2.52. The quantitative estimate of drug-likeness (QED) is 0.751. The van der Waals surface area contributed by atoms with E-state index in [1.165, 1.54) is 0 Å². The normalized spacial score (nSPS) is 26.6. The van der Waals surface area contributed by atoms with Gasteiger partial charge in [0, 0.05) is 12.4 Å². The molecule has 0 aliphatic heterocycles. The fraction of sp³-hybridized carbons (Fsp3) is 0.600. The van der Waals surface area contributed by atoms with Gasteiger partial charge in [0.05, 0.1) is 5.56 Å². The lowest BCUT2D eigenvalue weighted by Crippen LogP contribution is -2.35. The third kappa shape index (κ3) is 2.89. The van der Waals surface area contributed by atoms with E-state index in [1.54, 1.807) is 24.5 Å². The highest BCUT2D eigenvalue weighted by molar-refractivity contribution is 5.89. The topological polar surface area (TPSA) is 39.2 Å². The van der Waals surface area contributed by atoms with Crippen LogP contribution in [0.2, 0.25) is 0 Å². The monoisotopic (exact) mass is 247 g/mol. The summed E-state index contributed by atoms with van der Waals surface area (Å²) in [5, 5.41) is 0. The zero-order valence-corrected chi connectivity index (χ0v) is 11.3. The standard InChI is InChI=1S/C15H21NO2/c1-11-6-7-13(9-15(11,2)3)18-14(17)12-5-4-8-16-10-12/h4-5,8,10-11,13H,6-7,9H2,1-3H3. The summed E-state index contributed by atoms with van der Waals surface area (Å²) in [6.07, 6.45) is 6.29. The predicted molar refractivity (Wildman–Crippen MR) is 70.2 cm³/mol. The predicted octanol–water partition coefficient (Wildman–Crippen LogP) is 3.45. The molecule has 98 valence electrons. The Bertz CT molecular complexity index is 414. The maximum absolute atomic E-state index is 11.9. The Hall–Kier alpha value is -1.38. The zero-order chi connectivity index (χ0) is 13.2. The Labute approximate surface area is 109 Å². The van der Waals surface area contributed by atoms with Crippen molar-refractivity contribution in [2.24, 2.45) is 11.3 Å². The smallest absolute Gasteiger partial charge is 0.339 e. The van der Waals surface area contributed by atoms with E-state index in [0.29, 0.717) is 11.5 Å². The number of nitrogens with zero attached hydrogens (tertiary/aromatic N) is 1. The maximum atomic E-state index is 11.9. The van der Waals surface area contributed by atoms with Gasteiger partial charge in [-0.25, -0.2) is 4.79 Å². The first kappa shape index (κ1) is 13.1. The van der Waals surface area contributed by atoms with Crippen molar-refractivity contribution in [1.29, 1.82) is 0 Å². The molecule has 3 heteroatoms. The molecule has 1 saturated carbocycles. The van der Waals surface area contributed by atoms with Crippen LogP contribution in [0.3, 0.4) is 0 Å². The molecule has 1 fully saturated rings.